The third kappa shape index (κ3) is 1.94. The summed E-state index contributed by atoms with van der Waals surface area (Å²) >= 11 is 0. The van der Waals surface area contributed by atoms with Gasteiger partial charge in [0.05, 0.1) is 11.6 Å². The molecule has 4 rings (SSSR count). The molecule has 3 N–H and O–H groups in total. The number of allylic oxidation sites excluding steroid dienone is 1. The Morgan fingerprint density at radius 1 is 1.17 bits per heavy atom. The number of fused-ring (bicyclic) bond motifs is 5. The minimum absolute atomic E-state index is 0.0319. The van der Waals surface area contributed by atoms with Crippen LogP contribution in [0.5, 0.6) is 0 Å². The summed E-state index contributed by atoms with van der Waals surface area (Å²) in [4.78, 5) is 12.4. The molecule has 134 valence electrons. The van der Waals surface area contributed by atoms with Crippen LogP contribution in [0, 0.1) is 28.6 Å². The number of carbonyl (C=O) groups is 1. The first-order valence-electron chi connectivity index (χ1n) is 9.90. The lowest BCUT2D eigenvalue weighted by molar-refractivity contribution is -0.130. The van der Waals surface area contributed by atoms with Crippen LogP contribution in [0.1, 0.15) is 72.1 Å². The third-order valence-corrected chi connectivity index (χ3v) is 8.96. The monoisotopic (exact) mass is 331 g/mol. The number of carbonyl (C=O) groups excluding carboxylic acids is 1. The van der Waals surface area contributed by atoms with Gasteiger partial charge >= 0.3 is 0 Å². The summed E-state index contributed by atoms with van der Waals surface area (Å²) in [6.45, 7) is 6.44. The zero-order chi connectivity index (χ0) is 17.3. The second kappa shape index (κ2) is 5.17. The molecule has 4 aliphatic carbocycles. The molecule has 0 heterocycles. The van der Waals surface area contributed by atoms with Crippen molar-refractivity contribution in [1.29, 1.82) is 0 Å². The fraction of sp³-hybridized carbons (Fsp3) is 0.857. The zero-order valence-corrected chi connectivity index (χ0v) is 15.5. The van der Waals surface area contributed by atoms with Crippen LogP contribution in [0.3, 0.4) is 0 Å². The molecule has 0 aliphatic heterocycles. The predicted molar refractivity (Wildman–Crippen MR) is 95.3 cm³/mol. The molecule has 0 saturated heterocycles. The van der Waals surface area contributed by atoms with Crippen LogP contribution in [0.15, 0.2) is 11.6 Å². The van der Waals surface area contributed by atoms with E-state index in [1.807, 2.05) is 0 Å². The quantitative estimate of drug-likeness (QED) is 0.722. The summed E-state index contributed by atoms with van der Waals surface area (Å²) in [6.07, 6.45) is 10.6. The van der Waals surface area contributed by atoms with E-state index < -0.39 is 5.54 Å². The van der Waals surface area contributed by atoms with E-state index >= 15 is 0 Å². The summed E-state index contributed by atoms with van der Waals surface area (Å²) in [5, 5.41) is 10.1. The Labute approximate surface area is 146 Å². The summed E-state index contributed by atoms with van der Waals surface area (Å²) < 4.78 is 0. The Hall–Kier alpha value is -0.670. The maximum atomic E-state index is 12.4. The molecule has 3 saturated carbocycles. The molecule has 0 unspecified atom stereocenters. The molecule has 0 radical (unpaired) electrons. The molecule has 3 heteroatoms. The van der Waals surface area contributed by atoms with E-state index in [-0.39, 0.29) is 22.7 Å². The molecule has 0 aromatic rings. The number of nitrogens with two attached hydrogens (primary N) is 1. The van der Waals surface area contributed by atoms with E-state index in [0.29, 0.717) is 17.8 Å². The highest BCUT2D eigenvalue weighted by Crippen LogP contribution is 2.66. The molecule has 4 aliphatic rings. The first kappa shape index (κ1) is 16.8. The van der Waals surface area contributed by atoms with Gasteiger partial charge in [0, 0.05) is 0 Å². The van der Waals surface area contributed by atoms with Crippen LogP contribution < -0.4 is 5.73 Å². The summed E-state index contributed by atoms with van der Waals surface area (Å²) in [5.74, 6) is 2.13. The number of hydrogen-bond acceptors (Lipinski definition) is 3. The van der Waals surface area contributed by atoms with Gasteiger partial charge in [0.2, 0.25) is 0 Å². The number of aliphatic hydroxyl groups is 1. The second-order valence-corrected chi connectivity index (χ2v) is 9.68. The molecule has 7 atom stereocenters. The molecular formula is C21H33NO2. The van der Waals surface area contributed by atoms with Crippen molar-refractivity contribution in [2.75, 3.05) is 0 Å². The summed E-state index contributed by atoms with van der Waals surface area (Å²) in [7, 11) is 0. The number of ketones is 1. The Bertz CT molecular complexity index is 599. The Morgan fingerprint density at radius 2 is 1.88 bits per heavy atom. The minimum atomic E-state index is -0.615. The van der Waals surface area contributed by atoms with Crippen molar-refractivity contribution in [3.63, 3.8) is 0 Å². The Kier molecular flexibility index (Phi) is 3.61. The second-order valence-electron chi connectivity index (χ2n) is 9.68. The van der Waals surface area contributed by atoms with Crippen LogP contribution in [0.4, 0.5) is 0 Å². The maximum Gasteiger partial charge on any atom is 0.150 e. The van der Waals surface area contributed by atoms with Gasteiger partial charge in [-0.25, -0.2) is 0 Å². The molecule has 0 bridgehead atoms. The fourth-order valence-corrected chi connectivity index (χ4v) is 7.30. The van der Waals surface area contributed by atoms with E-state index in [2.05, 4.69) is 19.9 Å². The smallest absolute Gasteiger partial charge is 0.150 e. The predicted octanol–water partition coefficient (Wildman–Crippen LogP) is 3.60. The average Bonchev–Trinajstić information content (AvgIpc) is 2.81. The van der Waals surface area contributed by atoms with Gasteiger partial charge in [-0.05, 0) is 86.9 Å². The Morgan fingerprint density at radius 3 is 2.58 bits per heavy atom. The number of Topliss-reactive ketones (excluding diaryl/α,β-unsaturated/α-hetero) is 1. The molecule has 0 amide bonds. The first-order valence-corrected chi connectivity index (χ1v) is 9.90. The summed E-state index contributed by atoms with van der Waals surface area (Å²) in [6, 6.07) is 0. The Balaban J connectivity index is 1.69. The first-order chi connectivity index (χ1) is 11.2. The van der Waals surface area contributed by atoms with Crippen LogP contribution in [0.25, 0.3) is 0 Å². The van der Waals surface area contributed by atoms with Gasteiger partial charge in [-0.15, -0.1) is 0 Å². The van der Waals surface area contributed by atoms with Crippen molar-refractivity contribution < 1.29 is 9.90 Å². The molecular weight excluding hydrogens is 298 g/mol. The standard InChI is InChI=1S/C21H33NO2/c1-13(23)21(22)11-8-18-16-5-4-14-12-15(24)6-9-19(14,2)17(16)7-10-20(18,21)3/h4,15-18,24H,5-12,22H2,1-3H3/t15-,16+,17-,18-,19-,20-,21-/m0/s1. The van der Waals surface area contributed by atoms with Crippen LogP contribution in [-0.4, -0.2) is 22.5 Å². The van der Waals surface area contributed by atoms with Gasteiger partial charge in [0.1, 0.15) is 5.78 Å². The highest BCUT2D eigenvalue weighted by molar-refractivity contribution is 5.87. The van der Waals surface area contributed by atoms with E-state index in [1.54, 1.807) is 6.92 Å². The fourth-order valence-electron chi connectivity index (χ4n) is 7.30. The molecule has 24 heavy (non-hydrogen) atoms. The van der Waals surface area contributed by atoms with Crippen molar-refractivity contribution >= 4 is 5.78 Å². The normalized spacial score (nSPS) is 53.6. The summed E-state index contributed by atoms with van der Waals surface area (Å²) in [5.41, 5.74) is 7.82. The van der Waals surface area contributed by atoms with E-state index in [4.69, 9.17) is 5.73 Å². The van der Waals surface area contributed by atoms with Gasteiger partial charge < -0.3 is 10.8 Å². The van der Waals surface area contributed by atoms with Crippen molar-refractivity contribution in [3.05, 3.63) is 11.6 Å². The van der Waals surface area contributed by atoms with Gasteiger partial charge in [0.15, 0.2) is 0 Å². The highest BCUT2D eigenvalue weighted by Gasteiger charge is 2.64. The molecule has 0 spiro atoms. The highest BCUT2D eigenvalue weighted by atomic mass is 16.3. The number of aliphatic hydroxyl groups excluding tert-OH is 1. The van der Waals surface area contributed by atoms with Gasteiger partial charge in [-0.3, -0.25) is 4.79 Å². The topological polar surface area (TPSA) is 63.3 Å². The van der Waals surface area contributed by atoms with Crippen LogP contribution in [-0.2, 0) is 4.79 Å². The average molecular weight is 332 g/mol. The maximum absolute atomic E-state index is 12.4. The van der Waals surface area contributed by atoms with Crippen molar-refractivity contribution in [2.24, 2.45) is 34.3 Å². The third-order valence-electron chi connectivity index (χ3n) is 8.96. The zero-order valence-electron chi connectivity index (χ0n) is 15.5. The van der Waals surface area contributed by atoms with Crippen molar-refractivity contribution in [3.8, 4) is 0 Å². The van der Waals surface area contributed by atoms with Gasteiger partial charge in [-0.1, -0.05) is 25.5 Å². The molecule has 3 fully saturated rings. The SMILES string of the molecule is CC(=O)[C@@]1(N)CC[C@H]2[C@@H]3CC=C4C[C@@H](O)CC[C@]4(C)[C@H]3CC[C@@]21C. The van der Waals surface area contributed by atoms with E-state index in [1.165, 1.54) is 12.0 Å². The van der Waals surface area contributed by atoms with Crippen LogP contribution >= 0.6 is 0 Å². The van der Waals surface area contributed by atoms with Crippen molar-refractivity contribution in [2.45, 2.75) is 83.8 Å². The molecule has 0 aromatic heterocycles. The number of rotatable bonds is 1. The molecule has 3 nitrogen and oxygen atoms in total. The van der Waals surface area contributed by atoms with Gasteiger partial charge in [0.25, 0.3) is 0 Å². The van der Waals surface area contributed by atoms with Crippen molar-refractivity contribution in [1.82, 2.24) is 0 Å². The lowest BCUT2D eigenvalue weighted by atomic mass is 9.46. The van der Waals surface area contributed by atoms with Crippen LogP contribution in [0.2, 0.25) is 0 Å². The minimum Gasteiger partial charge on any atom is -0.393 e. The lowest BCUT2D eigenvalue weighted by Crippen LogP contribution is -2.61. The molecule has 0 aromatic carbocycles. The van der Waals surface area contributed by atoms with Gasteiger partial charge in [-0.2, -0.15) is 0 Å². The largest absolute Gasteiger partial charge is 0.393 e. The lowest BCUT2D eigenvalue weighted by Gasteiger charge is -2.59. The van der Waals surface area contributed by atoms with E-state index in [9.17, 15) is 9.90 Å². The van der Waals surface area contributed by atoms with E-state index in [0.717, 1.165) is 44.9 Å². The number of hydrogen-bond donors (Lipinski definition) is 2.